The first-order valence-corrected chi connectivity index (χ1v) is 11.3. The Balaban J connectivity index is 1.22. The Labute approximate surface area is 200 Å². The fourth-order valence-electron chi connectivity index (χ4n) is 4.78. The number of allylic oxidation sites excluding steroid dienone is 6. The SMILES string of the molecule is O=C1C(=C/C=C/CC=C2C(=O)c3cc4ccccc4cc3C2=O)C(=O)c2cc3ccccc3cc21. The van der Waals surface area contributed by atoms with Crippen LogP contribution in [0.25, 0.3) is 21.5 Å². The first-order valence-electron chi connectivity index (χ1n) is 11.3. The van der Waals surface area contributed by atoms with Gasteiger partial charge in [-0.2, -0.15) is 0 Å². The maximum atomic E-state index is 12.8. The van der Waals surface area contributed by atoms with Gasteiger partial charge in [-0.25, -0.2) is 0 Å². The standard InChI is InChI=1S/C31H18O4/c32-28-22(29(33)25-15-19-9-5-4-8-18(19)14-24(25)28)12-2-1-3-13-23-30(34)26-16-20-10-6-7-11-21(20)17-27(26)31(23)35/h1-2,4-17H,3H2/b2-1+. The number of hydrogen-bond donors (Lipinski definition) is 0. The molecule has 6 rings (SSSR count). The highest BCUT2D eigenvalue weighted by atomic mass is 16.2. The minimum absolute atomic E-state index is 0.117. The average Bonchev–Trinajstić information content (AvgIpc) is 3.25. The Bertz CT molecular complexity index is 1620. The summed E-state index contributed by atoms with van der Waals surface area (Å²) in [4.78, 5) is 51.3. The molecule has 0 heterocycles. The van der Waals surface area contributed by atoms with Gasteiger partial charge in [0, 0.05) is 22.3 Å². The van der Waals surface area contributed by atoms with E-state index in [0.29, 0.717) is 28.7 Å². The molecule has 0 fully saturated rings. The lowest BCUT2D eigenvalue weighted by atomic mass is 10.0. The van der Waals surface area contributed by atoms with Crippen LogP contribution < -0.4 is 0 Å². The molecule has 4 nitrogen and oxygen atoms in total. The van der Waals surface area contributed by atoms with Crippen LogP contribution in [-0.2, 0) is 0 Å². The Morgan fingerprint density at radius 2 is 0.886 bits per heavy atom. The smallest absolute Gasteiger partial charge is 0.197 e. The lowest BCUT2D eigenvalue weighted by molar-refractivity contribution is 0.0973. The second-order valence-corrected chi connectivity index (χ2v) is 8.67. The van der Waals surface area contributed by atoms with E-state index in [1.165, 1.54) is 6.08 Å². The molecule has 0 saturated heterocycles. The second kappa shape index (κ2) is 7.96. The van der Waals surface area contributed by atoms with Crippen molar-refractivity contribution in [2.24, 2.45) is 0 Å². The van der Waals surface area contributed by atoms with Gasteiger partial charge in [0.2, 0.25) is 0 Å². The molecule has 0 saturated carbocycles. The van der Waals surface area contributed by atoms with E-state index in [1.54, 1.807) is 42.5 Å². The highest BCUT2D eigenvalue weighted by Gasteiger charge is 2.34. The third-order valence-electron chi connectivity index (χ3n) is 6.59. The summed E-state index contributed by atoms with van der Waals surface area (Å²) < 4.78 is 0. The van der Waals surface area contributed by atoms with Crippen molar-refractivity contribution in [3.05, 3.63) is 131 Å². The molecule has 0 aliphatic heterocycles. The molecule has 4 aromatic rings. The molecule has 0 atom stereocenters. The molecular formula is C31H18O4. The quantitative estimate of drug-likeness (QED) is 0.271. The predicted molar refractivity (Wildman–Crippen MR) is 135 cm³/mol. The minimum atomic E-state index is -0.289. The highest BCUT2D eigenvalue weighted by molar-refractivity contribution is 6.41. The molecule has 4 heteroatoms. The van der Waals surface area contributed by atoms with Crippen molar-refractivity contribution >= 4 is 44.7 Å². The molecule has 0 amide bonds. The number of fused-ring (bicyclic) bond motifs is 4. The third-order valence-corrected chi connectivity index (χ3v) is 6.59. The van der Waals surface area contributed by atoms with Crippen LogP contribution in [0.2, 0.25) is 0 Å². The molecule has 0 unspecified atom stereocenters. The zero-order valence-corrected chi connectivity index (χ0v) is 18.6. The Morgan fingerprint density at radius 3 is 1.29 bits per heavy atom. The highest BCUT2D eigenvalue weighted by Crippen LogP contribution is 2.32. The molecule has 4 aromatic carbocycles. The summed E-state index contributed by atoms with van der Waals surface area (Å²) in [7, 11) is 0. The molecule has 2 aliphatic rings. The van der Waals surface area contributed by atoms with Crippen LogP contribution in [0.15, 0.2) is 108 Å². The fourth-order valence-corrected chi connectivity index (χ4v) is 4.78. The van der Waals surface area contributed by atoms with Crippen LogP contribution in [0.4, 0.5) is 0 Å². The molecule has 0 bridgehead atoms. The largest absolute Gasteiger partial charge is 0.288 e. The van der Waals surface area contributed by atoms with Crippen molar-refractivity contribution in [1.29, 1.82) is 0 Å². The van der Waals surface area contributed by atoms with Crippen LogP contribution in [0.3, 0.4) is 0 Å². The van der Waals surface area contributed by atoms with Gasteiger partial charge in [0.15, 0.2) is 23.1 Å². The average molecular weight is 454 g/mol. The molecule has 0 radical (unpaired) electrons. The van der Waals surface area contributed by atoms with Crippen molar-refractivity contribution in [3.8, 4) is 0 Å². The van der Waals surface area contributed by atoms with E-state index in [9.17, 15) is 19.2 Å². The minimum Gasteiger partial charge on any atom is -0.288 e. The Hall–Kier alpha value is -4.70. The van der Waals surface area contributed by atoms with Crippen LogP contribution in [-0.4, -0.2) is 23.1 Å². The van der Waals surface area contributed by atoms with E-state index in [1.807, 2.05) is 48.5 Å². The van der Waals surface area contributed by atoms with Crippen LogP contribution in [0, 0.1) is 0 Å². The number of benzene rings is 4. The van der Waals surface area contributed by atoms with Gasteiger partial charge < -0.3 is 0 Å². The molecule has 0 N–H and O–H groups in total. The van der Waals surface area contributed by atoms with E-state index in [4.69, 9.17) is 0 Å². The molecule has 2 aliphatic carbocycles. The molecular weight excluding hydrogens is 436 g/mol. The van der Waals surface area contributed by atoms with Gasteiger partial charge in [-0.1, -0.05) is 66.8 Å². The molecule has 0 spiro atoms. The van der Waals surface area contributed by atoms with Crippen LogP contribution >= 0.6 is 0 Å². The second-order valence-electron chi connectivity index (χ2n) is 8.67. The van der Waals surface area contributed by atoms with Gasteiger partial charge >= 0.3 is 0 Å². The Kier molecular flexibility index (Phi) is 4.75. The summed E-state index contributed by atoms with van der Waals surface area (Å²) in [6.07, 6.45) is 6.78. The van der Waals surface area contributed by atoms with E-state index in [-0.39, 0.29) is 34.3 Å². The lowest BCUT2D eigenvalue weighted by Gasteiger charge is -2.00. The number of Topliss-reactive ketones (excluding diaryl/α,β-unsaturated/α-hetero) is 4. The summed E-state index contributed by atoms with van der Waals surface area (Å²) in [6.45, 7) is 0. The topological polar surface area (TPSA) is 68.3 Å². The maximum Gasteiger partial charge on any atom is 0.197 e. The fraction of sp³-hybridized carbons (Fsp3) is 0.0323. The lowest BCUT2D eigenvalue weighted by Crippen LogP contribution is -2.00. The summed E-state index contributed by atoms with van der Waals surface area (Å²) >= 11 is 0. The van der Waals surface area contributed by atoms with Crippen molar-refractivity contribution in [1.82, 2.24) is 0 Å². The number of carbonyl (C=O) groups excluding carboxylic acids is 4. The monoisotopic (exact) mass is 454 g/mol. The first kappa shape index (κ1) is 20.9. The Morgan fingerprint density at radius 1 is 0.514 bits per heavy atom. The zero-order valence-electron chi connectivity index (χ0n) is 18.6. The molecule has 0 aromatic heterocycles. The number of rotatable bonds is 3. The van der Waals surface area contributed by atoms with E-state index < -0.39 is 0 Å². The number of carbonyl (C=O) groups is 4. The van der Waals surface area contributed by atoms with Crippen molar-refractivity contribution in [3.63, 3.8) is 0 Å². The summed E-state index contributed by atoms with van der Waals surface area (Å²) in [5.74, 6) is -1.12. The zero-order chi connectivity index (χ0) is 24.1. The summed E-state index contributed by atoms with van der Waals surface area (Å²) in [6, 6.07) is 22.3. The van der Waals surface area contributed by atoms with Crippen LogP contribution in [0.5, 0.6) is 0 Å². The van der Waals surface area contributed by atoms with E-state index in [2.05, 4.69) is 0 Å². The normalized spacial score (nSPS) is 15.0. The third kappa shape index (κ3) is 3.30. The van der Waals surface area contributed by atoms with Crippen molar-refractivity contribution in [2.75, 3.05) is 0 Å². The van der Waals surface area contributed by atoms with E-state index >= 15 is 0 Å². The number of ketones is 4. The molecule has 166 valence electrons. The van der Waals surface area contributed by atoms with Gasteiger partial charge in [0.1, 0.15) is 0 Å². The van der Waals surface area contributed by atoms with Gasteiger partial charge in [0.05, 0.1) is 11.1 Å². The number of hydrogen-bond acceptors (Lipinski definition) is 4. The maximum absolute atomic E-state index is 12.8. The van der Waals surface area contributed by atoms with Gasteiger partial charge in [-0.15, -0.1) is 0 Å². The van der Waals surface area contributed by atoms with Crippen molar-refractivity contribution < 1.29 is 19.2 Å². The van der Waals surface area contributed by atoms with Crippen molar-refractivity contribution in [2.45, 2.75) is 6.42 Å². The summed E-state index contributed by atoms with van der Waals surface area (Å²) in [5.41, 5.74) is 1.97. The van der Waals surface area contributed by atoms with Crippen LogP contribution in [0.1, 0.15) is 47.9 Å². The first-order chi connectivity index (χ1) is 17.0. The summed E-state index contributed by atoms with van der Waals surface area (Å²) in [5, 5.41) is 3.66. The van der Waals surface area contributed by atoms with Gasteiger partial charge in [-0.05, 0) is 58.3 Å². The van der Waals surface area contributed by atoms with Gasteiger partial charge in [0.25, 0.3) is 0 Å². The van der Waals surface area contributed by atoms with E-state index in [0.717, 1.165) is 21.5 Å². The van der Waals surface area contributed by atoms with Gasteiger partial charge in [-0.3, -0.25) is 19.2 Å². The predicted octanol–water partition coefficient (Wildman–Crippen LogP) is 6.25. The molecule has 35 heavy (non-hydrogen) atoms.